The number of rotatable bonds is 9. The summed E-state index contributed by atoms with van der Waals surface area (Å²) in [7, 11) is 0. The first kappa shape index (κ1) is 44.1. The minimum atomic E-state index is -4.77. The van der Waals surface area contributed by atoms with Gasteiger partial charge in [0.1, 0.15) is 39.5 Å². The van der Waals surface area contributed by atoms with Crippen molar-refractivity contribution in [2.45, 2.75) is 47.3 Å². The number of H-pyrrole nitrogens is 1. The fourth-order valence-corrected chi connectivity index (χ4v) is 6.14. The van der Waals surface area contributed by atoms with Gasteiger partial charge in [-0.25, -0.2) is 0 Å². The van der Waals surface area contributed by atoms with Crippen LogP contribution in [0.5, 0.6) is 40.2 Å². The highest BCUT2D eigenvalue weighted by Gasteiger charge is 2.32. The Labute approximate surface area is 346 Å². The van der Waals surface area contributed by atoms with Gasteiger partial charge in [-0.05, 0) is 115 Å². The fraction of sp³-hybridized carbons (Fsp3) is 0.167. The van der Waals surface area contributed by atoms with E-state index in [9.17, 15) is 35.9 Å². The van der Waals surface area contributed by atoms with Crippen LogP contribution in [0, 0.1) is 27.7 Å². The van der Waals surface area contributed by atoms with Crippen LogP contribution < -0.4 is 29.1 Å². The summed E-state index contributed by atoms with van der Waals surface area (Å²) in [6, 6.07) is 23.8. The molecule has 0 spiro atoms. The van der Waals surface area contributed by atoms with Crippen LogP contribution in [0.4, 0.5) is 26.3 Å². The molecule has 0 aliphatic rings. The molecule has 2 aromatic heterocycles. The van der Waals surface area contributed by atoms with Crippen LogP contribution in [0.3, 0.4) is 0 Å². The Morgan fingerprint density at radius 3 is 1.63 bits per heavy atom. The van der Waals surface area contributed by atoms with Crippen molar-refractivity contribution in [1.82, 2.24) is 9.97 Å². The molecule has 1 N–H and O–H groups in total. The summed E-state index contributed by atoms with van der Waals surface area (Å²) in [5.74, 6) is 0.403. The summed E-state index contributed by atoms with van der Waals surface area (Å²) < 4.78 is 98.5. The molecule has 9 nitrogen and oxygen atoms in total. The number of aromatic nitrogens is 2. The minimum Gasteiger partial charge on any atom is -0.457 e. The topological polar surface area (TPSA) is 109 Å². The third-order valence-corrected chi connectivity index (χ3v) is 9.45. The monoisotopic (exact) mass is 904 g/mol. The molecule has 0 atom stereocenters. The van der Waals surface area contributed by atoms with E-state index in [-0.39, 0.29) is 33.4 Å². The van der Waals surface area contributed by atoms with Crippen molar-refractivity contribution in [2.24, 2.45) is 0 Å². The molecule has 0 aliphatic carbocycles. The van der Waals surface area contributed by atoms with Gasteiger partial charge in [0.05, 0.1) is 10.2 Å². The van der Waals surface area contributed by atoms with Crippen molar-refractivity contribution in [2.75, 3.05) is 0 Å². The third kappa shape index (κ3) is 12.0. The Kier molecular flexibility index (Phi) is 13.7. The Balaban J connectivity index is 0.000000225. The Hall–Kier alpha value is -6.00. The smallest absolute Gasteiger partial charge is 0.457 e. The number of nitrogens with zero attached hydrogens (tertiary/aromatic N) is 1. The minimum absolute atomic E-state index is 0.126. The lowest BCUT2D eigenvalue weighted by molar-refractivity contribution is -0.275. The van der Waals surface area contributed by atoms with E-state index in [0.717, 1.165) is 29.6 Å². The number of hydrogen-bond acceptors (Lipinski definition) is 8. The molecule has 0 radical (unpaired) electrons. The second kappa shape index (κ2) is 18.3. The lowest BCUT2D eigenvalue weighted by Gasteiger charge is -2.15. The van der Waals surface area contributed by atoms with Crippen molar-refractivity contribution in [1.29, 1.82) is 0 Å². The number of halogens is 8. The number of hydrogen-bond donors (Lipinski definition) is 1. The number of alkyl halides is 6. The molecule has 4 aromatic carbocycles. The molecule has 0 amide bonds. The van der Waals surface area contributed by atoms with Gasteiger partial charge in [0, 0.05) is 41.2 Å². The first-order chi connectivity index (χ1) is 27.7. The number of pyridine rings is 2. The largest absolute Gasteiger partial charge is 0.573 e. The van der Waals surface area contributed by atoms with Gasteiger partial charge in [0.15, 0.2) is 5.75 Å². The maximum Gasteiger partial charge on any atom is 0.573 e. The molecule has 59 heavy (non-hydrogen) atoms. The van der Waals surface area contributed by atoms with Crippen LogP contribution in [-0.4, -0.2) is 28.7 Å². The van der Waals surface area contributed by atoms with Crippen LogP contribution in [0.15, 0.2) is 106 Å². The first-order valence-corrected chi connectivity index (χ1v) is 18.4. The highest BCUT2D eigenvalue weighted by atomic mass is 79.9. The molecule has 6 rings (SSSR count). The maximum absolute atomic E-state index is 12.5. The third-order valence-electron chi connectivity index (χ3n) is 8.05. The number of benzene rings is 4. The highest BCUT2D eigenvalue weighted by molar-refractivity contribution is 9.10. The van der Waals surface area contributed by atoms with Crippen LogP contribution in [0.1, 0.15) is 29.7 Å². The summed E-state index contributed by atoms with van der Waals surface area (Å²) in [6.07, 6.45) is -9.53. The van der Waals surface area contributed by atoms with Gasteiger partial charge in [-0.3, -0.25) is 14.6 Å². The van der Waals surface area contributed by atoms with Gasteiger partial charge in [-0.1, -0.05) is 41.9 Å². The number of ether oxygens (including phenoxy) is 5. The maximum atomic E-state index is 12.5. The highest BCUT2D eigenvalue weighted by Crippen LogP contribution is 2.41. The average molecular weight is 906 g/mol. The Bertz CT molecular complexity index is 2510. The summed E-state index contributed by atoms with van der Waals surface area (Å²) in [4.78, 5) is 31.6. The van der Waals surface area contributed by atoms with Gasteiger partial charge < -0.3 is 28.7 Å². The van der Waals surface area contributed by atoms with Crippen molar-refractivity contribution >= 4 is 33.5 Å². The van der Waals surface area contributed by atoms with Crippen LogP contribution in [0.2, 0.25) is 5.02 Å². The van der Waals surface area contributed by atoms with E-state index >= 15 is 0 Å². The number of esters is 1. The van der Waals surface area contributed by atoms with Crippen LogP contribution >= 0.6 is 27.5 Å². The fourth-order valence-electron chi connectivity index (χ4n) is 5.67. The average Bonchev–Trinajstić information content (AvgIpc) is 3.14. The predicted octanol–water partition coefficient (Wildman–Crippen LogP) is 12.7. The lowest BCUT2D eigenvalue weighted by atomic mass is 10.0. The second-order valence-electron chi connectivity index (χ2n) is 12.6. The molecule has 0 bridgehead atoms. The lowest BCUT2D eigenvalue weighted by Crippen LogP contribution is -2.17. The molecule has 308 valence electrons. The molecule has 17 heteroatoms. The van der Waals surface area contributed by atoms with E-state index in [0.29, 0.717) is 55.4 Å². The zero-order valence-electron chi connectivity index (χ0n) is 31.6. The van der Waals surface area contributed by atoms with Crippen LogP contribution in [0.25, 0.3) is 22.3 Å². The molecule has 0 unspecified atom stereocenters. The van der Waals surface area contributed by atoms with E-state index in [2.05, 4.69) is 35.4 Å². The van der Waals surface area contributed by atoms with Crippen LogP contribution in [-0.2, 0) is 4.79 Å². The number of aromatic amines is 1. The Morgan fingerprint density at radius 2 is 1.10 bits per heavy atom. The molecule has 0 fully saturated rings. The van der Waals surface area contributed by atoms with E-state index in [1.54, 1.807) is 69.3 Å². The molecular weight excluding hydrogens is 874 g/mol. The summed E-state index contributed by atoms with van der Waals surface area (Å²) in [6.45, 7) is 8.39. The van der Waals surface area contributed by atoms with Gasteiger partial charge in [-0.15, -0.1) is 26.3 Å². The van der Waals surface area contributed by atoms with Crippen molar-refractivity contribution < 1.29 is 54.8 Å². The first-order valence-electron chi connectivity index (χ1n) is 17.2. The zero-order chi connectivity index (χ0) is 43.2. The van der Waals surface area contributed by atoms with E-state index < -0.39 is 18.7 Å². The molecule has 0 aliphatic heterocycles. The van der Waals surface area contributed by atoms with E-state index in [1.165, 1.54) is 37.3 Å². The van der Waals surface area contributed by atoms with Crippen molar-refractivity contribution in [3.8, 4) is 62.5 Å². The summed E-state index contributed by atoms with van der Waals surface area (Å²) in [5, 5.41) is 0.247. The van der Waals surface area contributed by atoms with Gasteiger partial charge in [-0.2, -0.15) is 0 Å². The molecule has 0 saturated carbocycles. The van der Waals surface area contributed by atoms with Gasteiger partial charge >= 0.3 is 18.7 Å². The zero-order valence-corrected chi connectivity index (χ0v) is 33.9. The number of nitrogens with one attached hydrogen (secondary N) is 1. The van der Waals surface area contributed by atoms with Crippen molar-refractivity contribution in [3.05, 3.63) is 140 Å². The second-order valence-corrected chi connectivity index (χ2v) is 13.8. The SMILES string of the molecule is CC(=O)Oc1c(Cl)c(C)nc(C)c1-c1ccc(Oc2ccc(OC(F)(F)F)cc2)cc1.Cc1[nH]c(C)c(-c2ccc(Oc3cccc(OC(F)(F)F)c3)cc2)c(=O)c1Br. The number of carbonyl (C=O) groups is 1. The van der Waals surface area contributed by atoms with Crippen molar-refractivity contribution in [3.63, 3.8) is 0 Å². The Morgan fingerprint density at radius 1 is 0.644 bits per heavy atom. The molecule has 6 aromatic rings. The molecule has 0 saturated heterocycles. The molecule has 2 heterocycles. The van der Waals surface area contributed by atoms with Gasteiger partial charge in [0.25, 0.3) is 0 Å². The normalized spacial score (nSPS) is 11.3. The number of carbonyl (C=O) groups excluding carboxylic acids is 1. The van der Waals surface area contributed by atoms with Gasteiger partial charge in [0.2, 0.25) is 5.43 Å². The quantitative estimate of drug-likeness (QED) is 0.113. The molecular formula is C42H32BrClF6N2O7. The predicted molar refractivity (Wildman–Crippen MR) is 212 cm³/mol. The standard InChI is InChI=1S/C22H17ClF3NO4.C20H15BrF3NO3/c1-12-19(21(29-14(3)28)20(23)13(2)27-12)15-4-6-16(7-5-15)30-17-8-10-18(11-9-17)31-22(24,25)26;1-11-17(19(26)18(21)12(2)25-11)13-6-8-14(9-7-13)27-15-4-3-5-16(10-15)28-20(22,23)24/h4-11H,1-3H3;3-10H,1-2H3,(H,25,26). The summed E-state index contributed by atoms with van der Waals surface area (Å²) >= 11 is 9.60. The summed E-state index contributed by atoms with van der Waals surface area (Å²) in [5.41, 5.74) is 5.02. The van der Waals surface area contributed by atoms with E-state index in [4.69, 9.17) is 25.8 Å². The number of aryl methyl sites for hydroxylation is 4. The van der Waals surface area contributed by atoms with E-state index in [1.807, 2.05) is 6.92 Å².